The van der Waals surface area contributed by atoms with Crippen LogP contribution >= 0.6 is 0 Å². The average Bonchev–Trinajstić information content (AvgIpc) is 2.32. The van der Waals surface area contributed by atoms with Gasteiger partial charge in [-0.25, -0.2) is 4.79 Å². The van der Waals surface area contributed by atoms with E-state index in [4.69, 9.17) is 4.74 Å². The minimum Gasteiger partial charge on any atom is -0.445 e. The second-order valence-corrected chi connectivity index (χ2v) is 4.47. The van der Waals surface area contributed by atoms with E-state index in [1.807, 2.05) is 30.3 Å². The molecule has 1 saturated carbocycles. The lowest BCUT2D eigenvalue weighted by atomic mass is 9.81. The van der Waals surface area contributed by atoms with Gasteiger partial charge in [0, 0.05) is 6.54 Å². The molecule has 3 nitrogen and oxygen atoms in total. The maximum Gasteiger partial charge on any atom is 0.407 e. The minimum absolute atomic E-state index is 0.323. The van der Waals surface area contributed by atoms with Crippen LogP contribution in [-0.2, 0) is 11.3 Å². The lowest BCUT2D eigenvalue weighted by molar-refractivity contribution is 0.137. The van der Waals surface area contributed by atoms with E-state index in [1.54, 1.807) is 0 Å². The zero-order valence-corrected chi connectivity index (χ0v) is 9.82. The molecule has 0 spiro atoms. The fraction of sp³-hybridized carbons (Fsp3) is 0.357. The Morgan fingerprint density at radius 1 is 1.35 bits per heavy atom. The van der Waals surface area contributed by atoms with Crippen molar-refractivity contribution in [1.29, 1.82) is 0 Å². The molecule has 0 aromatic heterocycles. The zero-order chi connectivity index (χ0) is 12.1. The number of hydrogen-bond acceptors (Lipinski definition) is 2. The van der Waals surface area contributed by atoms with Crippen molar-refractivity contribution in [3.05, 3.63) is 48.0 Å². The van der Waals surface area contributed by atoms with Gasteiger partial charge >= 0.3 is 6.09 Å². The van der Waals surface area contributed by atoms with Gasteiger partial charge in [0.1, 0.15) is 6.61 Å². The Hall–Kier alpha value is -1.77. The number of benzene rings is 1. The molecular weight excluding hydrogens is 214 g/mol. The van der Waals surface area contributed by atoms with Crippen molar-refractivity contribution in [2.45, 2.75) is 19.4 Å². The van der Waals surface area contributed by atoms with E-state index in [-0.39, 0.29) is 6.09 Å². The van der Waals surface area contributed by atoms with Crippen LogP contribution in [0.25, 0.3) is 0 Å². The fourth-order valence-corrected chi connectivity index (χ4v) is 1.90. The summed E-state index contributed by atoms with van der Waals surface area (Å²) in [7, 11) is 0. The van der Waals surface area contributed by atoms with Crippen molar-refractivity contribution < 1.29 is 9.53 Å². The molecule has 1 N–H and O–H groups in total. The molecule has 0 atom stereocenters. The van der Waals surface area contributed by atoms with Crippen LogP contribution in [0, 0.1) is 5.92 Å². The van der Waals surface area contributed by atoms with Crippen molar-refractivity contribution in [1.82, 2.24) is 5.32 Å². The molecule has 2 rings (SSSR count). The van der Waals surface area contributed by atoms with Crippen LogP contribution in [0.3, 0.4) is 0 Å². The number of ether oxygens (including phenoxy) is 1. The lowest BCUT2D eigenvalue weighted by Gasteiger charge is -2.28. The van der Waals surface area contributed by atoms with Gasteiger partial charge in [-0.1, -0.05) is 42.5 Å². The molecule has 17 heavy (non-hydrogen) atoms. The lowest BCUT2D eigenvalue weighted by Crippen LogP contribution is -2.33. The summed E-state index contributed by atoms with van der Waals surface area (Å²) < 4.78 is 5.10. The molecule has 0 heterocycles. The van der Waals surface area contributed by atoms with Gasteiger partial charge in [0.25, 0.3) is 0 Å². The largest absolute Gasteiger partial charge is 0.445 e. The average molecular weight is 231 g/mol. The van der Waals surface area contributed by atoms with Crippen LogP contribution in [0.2, 0.25) is 0 Å². The summed E-state index contributed by atoms with van der Waals surface area (Å²) in [6.07, 6.45) is 1.71. The number of amides is 1. The third-order valence-corrected chi connectivity index (χ3v) is 2.90. The van der Waals surface area contributed by atoms with Gasteiger partial charge in [0.2, 0.25) is 0 Å². The molecule has 0 radical (unpaired) electrons. The van der Waals surface area contributed by atoms with Crippen molar-refractivity contribution in [3.8, 4) is 0 Å². The van der Waals surface area contributed by atoms with Crippen LogP contribution < -0.4 is 5.32 Å². The maximum atomic E-state index is 11.4. The van der Waals surface area contributed by atoms with Crippen molar-refractivity contribution >= 4 is 6.09 Å². The highest BCUT2D eigenvalue weighted by Gasteiger charge is 2.21. The first kappa shape index (κ1) is 11.7. The Morgan fingerprint density at radius 3 is 2.71 bits per heavy atom. The predicted molar refractivity (Wildman–Crippen MR) is 66.5 cm³/mol. The van der Waals surface area contributed by atoms with E-state index in [1.165, 1.54) is 5.57 Å². The summed E-state index contributed by atoms with van der Waals surface area (Å²) in [6, 6.07) is 9.66. The van der Waals surface area contributed by atoms with Crippen LogP contribution in [0.15, 0.2) is 42.5 Å². The number of nitrogens with one attached hydrogen (secondary N) is 1. The number of carbonyl (C=O) groups is 1. The first-order valence-corrected chi connectivity index (χ1v) is 5.85. The summed E-state index contributed by atoms with van der Waals surface area (Å²) >= 11 is 0. The molecule has 1 aromatic rings. The van der Waals surface area contributed by atoms with E-state index < -0.39 is 0 Å². The molecule has 0 unspecified atom stereocenters. The Labute approximate surface area is 101 Å². The van der Waals surface area contributed by atoms with Crippen molar-refractivity contribution in [2.24, 2.45) is 5.92 Å². The minimum atomic E-state index is -0.341. The summed E-state index contributed by atoms with van der Waals surface area (Å²) in [4.78, 5) is 11.4. The van der Waals surface area contributed by atoms with E-state index >= 15 is 0 Å². The van der Waals surface area contributed by atoms with Crippen molar-refractivity contribution in [2.75, 3.05) is 6.54 Å². The highest BCUT2D eigenvalue weighted by atomic mass is 16.5. The van der Waals surface area contributed by atoms with Gasteiger partial charge in [-0.05, 0) is 24.3 Å². The Bertz CT molecular complexity index is 392. The van der Waals surface area contributed by atoms with Crippen LogP contribution in [0.4, 0.5) is 4.79 Å². The summed E-state index contributed by atoms with van der Waals surface area (Å²) in [5.74, 6) is 0.548. The number of carbonyl (C=O) groups excluding carboxylic acids is 1. The molecule has 1 aromatic carbocycles. The summed E-state index contributed by atoms with van der Waals surface area (Å²) in [5, 5.41) is 2.77. The topological polar surface area (TPSA) is 38.3 Å². The molecule has 0 aliphatic heterocycles. The highest BCUT2D eigenvalue weighted by molar-refractivity contribution is 5.67. The molecular formula is C14H17NO2. The fourth-order valence-electron chi connectivity index (χ4n) is 1.90. The maximum absolute atomic E-state index is 11.4. The highest BCUT2D eigenvalue weighted by Crippen LogP contribution is 2.30. The smallest absolute Gasteiger partial charge is 0.407 e. The number of alkyl carbamates (subject to hydrolysis) is 1. The molecule has 1 aliphatic carbocycles. The number of hydrogen-bond donors (Lipinski definition) is 1. The SMILES string of the molecule is C=C1CC(CNC(=O)OCc2ccccc2)C1. The zero-order valence-electron chi connectivity index (χ0n) is 9.82. The molecule has 1 fully saturated rings. The van der Waals surface area contributed by atoms with Crippen LogP contribution in [0.5, 0.6) is 0 Å². The normalized spacial score (nSPS) is 15.2. The molecule has 0 bridgehead atoms. The van der Waals surface area contributed by atoms with E-state index in [2.05, 4.69) is 11.9 Å². The first-order chi connectivity index (χ1) is 8.24. The first-order valence-electron chi connectivity index (χ1n) is 5.85. The molecule has 1 aliphatic rings. The van der Waals surface area contributed by atoms with E-state index in [9.17, 15) is 4.79 Å². The van der Waals surface area contributed by atoms with Gasteiger partial charge < -0.3 is 10.1 Å². The van der Waals surface area contributed by atoms with E-state index in [0.29, 0.717) is 19.1 Å². The number of allylic oxidation sites excluding steroid dienone is 1. The van der Waals surface area contributed by atoms with Crippen LogP contribution in [-0.4, -0.2) is 12.6 Å². The van der Waals surface area contributed by atoms with Gasteiger partial charge in [0.15, 0.2) is 0 Å². The number of rotatable bonds is 4. The molecule has 90 valence electrons. The Kier molecular flexibility index (Phi) is 3.81. The van der Waals surface area contributed by atoms with Gasteiger partial charge in [0.05, 0.1) is 0 Å². The summed E-state index contributed by atoms with van der Waals surface area (Å²) in [5.41, 5.74) is 2.27. The standard InChI is InChI=1S/C14H17NO2/c1-11-7-13(8-11)9-15-14(16)17-10-12-5-3-2-4-6-12/h2-6,13H,1,7-10H2,(H,15,16). The monoisotopic (exact) mass is 231 g/mol. The quantitative estimate of drug-likeness (QED) is 0.809. The van der Waals surface area contributed by atoms with Crippen molar-refractivity contribution in [3.63, 3.8) is 0 Å². The summed E-state index contributed by atoms with van der Waals surface area (Å²) in [6.45, 7) is 4.88. The third kappa shape index (κ3) is 3.63. The van der Waals surface area contributed by atoms with Gasteiger partial charge in [-0.3, -0.25) is 0 Å². The second-order valence-electron chi connectivity index (χ2n) is 4.47. The Morgan fingerprint density at radius 2 is 2.06 bits per heavy atom. The van der Waals surface area contributed by atoms with Gasteiger partial charge in [-0.15, -0.1) is 0 Å². The molecule has 1 amide bonds. The Balaban J connectivity index is 1.63. The second kappa shape index (κ2) is 5.53. The van der Waals surface area contributed by atoms with E-state index in [0.717, 1.165) is 18.4 Å². The van der Waals surface area contributed by atoms with Gasteiger partial charge in [-0.2, -0.15) is 0 Å². The third-order valence-electron chi connectivity index (χ3n) is 2.90. The molecule has 0 saturated heterocycles. The molecule has 3 heteroatoms. The predicted octanol–water partition coefficient (Wildman–Crippen LogP) is 2.88. The van der Waals surface area contributed by atoms with Crippen LogP contribution in [0.1, 0.15) is 18.4 Å².